The first-order valence-corrected chi connectivity index (χ1v) is 6.79. The van der Waals surface area contributed by atoms with Crippen LogP contribution >= 0.6 is 38.9 Å². The second kappa shape index (κ2) is 5.35. The molecule has 0 atom stereocenters. The summed E-state index contributed by atoms with van der Waals surface area (Å²) in [5, 5.41) is 9.74. The maximum Gasteiger partial charge on any atom is 0.280 e. The number of ether oxygens (including phenoxy) is 1. The summed E-state index contributed by atoms with van der Waals surface area (Å²) in [6.45, 7) is 1.82. The Morgan fingerprint density at radius 2 is 2.29 bits per heavy atom. The van der Waals surface area contributed by atoms with Crippen LogP contribution in [0.3, 0.4) is 0 Å². The van der Waals surface area contributed by atoms with E-state index in [-0.39, 0.29) is 6.61 Å². The monoisotopic (exact) mass is 333 g/mol. The molecule has 0 bridgehead atoms. The number of aryl methyl sites for hydroxylation is 1. The van der Waals surface area contributed by atoms with Crippen LogP contribution in [0.2, 0.25) is 5.15 Å². The van der Waals surface area contributed by atoms with Gasteiger partial charge in [0.1, 0.15) is 10.9 Å². The summed E-state index contributed by atoms with van der Waals surface area (Å²) in [4.78, 5) is 4.64. The molecular formula is C11H9BrClNO2S. The predicted molar refractivity (Wildman–Crippen MR) is 72.0 cm³/mol. The van der Waals surface area contributed by atoms with E-state index in [1.165, 1.54) is 11.3 Å². The van der Waals surface area contributed by atoms with E-state index in [9.17, 15) is 0 Å². The molecule has 0 fully saturated rings. The summed E-state index contributed by atoms with van der Waals surface area (Å²) >= 11 is 10.5. The molecule has 0 radical (unpaired) electrons. The fourth-order valence-corrected chi connectivity index (χ4v) is 2.55. The maximum atomic E-state index is 9.02. The van der Waals surface area contributed by atoms with Crippen LogP contribution < -0.4 is 4.74 Å². The first-order chi connectivity index (χ1) is 8.10. The Morgan fingerprint density at radius 3 is 2.94 bits per heavy atom. The lowest BCUT2D eigenvalue weighted by atomic mass is 10.2. The molecule has 0 aliphatic rings. The van der Waals surface area contributed by atoms with Gasteiger partial charge in [-0.25, -0.2) is 0 Å². The molecule has 17 heavy (non-hydrogen) atoms. The van der Waals surface area contributed by atoms with Gasteiger partial charge in [0.2, 0.25) is 0 Å². The minimum absolute atomic E-state index is 0.128. The molecule has 1 N–H and O–H groups in total. The van der Waals surface area contributed by atoms with Gasteiger partial charge >= 0.3 is 0 Å². The van der Waals surface area contributed by atoms with Gasteiger partial charge in [0.25, 0.3) is 5.19 Å². The highest BCUT2D eigenvalue weighted by molar-refractivity contribution is 9.10. The van der Waals surface area contributed by atoms with Gasteiger partial charge in [0.05, 0.1) is 11.5 Å². The second-order valence-corrected chi connectivity index (χ2v) is 5.68. The van der Waals surface area contributed by atoms with Gasteiger partial charge in [0.15, 0.2) is 0 Å². The highest BCUT2D eigenvalue weighted by Gasteiger charge is 2.11. The van der Waals surface area contributed by atoms with Crippen molar-refractivity contribution in [3.05, 3.63) is 38.3 Å². The fraction of sp³-hybridized carbons (Fsp3) is 0.182. The number of aliphatic hydroxyl groups is 1. The molecule has 2 aromatic rings. The number of thiazole rings is 1. The molecular weight excluding hydrogens is 326 g/mol. The van der Waals surface area contributed by atoms with Crippen molar-refractivity contribution < 1.29 is 9.84 Å². The Labute approximate surface area is 116 Å². The molecule has 3 nitrogen and oxygen atoms in total. The number of aliphatic hydroxyl groups excluding tert-OH is 1. The van der Waals surface area contributed by atoms with Crippen LogP contribution in [0.1, 0.15) is 10.4 Å². The Hall–Kier alpha value is -0.620. The number of benzene rings is 1. The standard InChI is InChI=1S/C11H9BrClNO2S/c1-6-2-3-7(12)4-8(6)16-11-14-10(13)9(5-15)17-11/h2-4,15H,5H2,1H3. The molecule has 0 unspecified atom stereocenters. The van der Waals surface area contributed by atoms with Gasteiger partial charge in [-0.2, -0.15) is 4.98 Å². The van der Waals surface area contributed by atoms with Crippen LogP contribution in [0.4, 0.5) is 0 Å². The molecule has 90 valence electrons. The molecule has 0 saturated heterocycles. The molecule has 0 spiro atoms. The minimum atomic E-state index is -0.128. The van der Waals surface area contributed by atoms with Gasteiger partial charge in [-0.15, -0.1) is 0 Å². The topological polar surface area (TPSA) is 42.4 Å². The minimum Gasteiger partial charge on any atom is -0.431 e. The van der Waals surface area contributed by atoms with Gasteiger partial charge in [-0.1, -0.05) is 44.9 Å². The van der Waals surface area contributed by atoms with Crippen molar-refractivity contribution in [3.8, 4) is 10.9 Å². The van der Waals surface area contributed by atoms with Crippen LogP contribution in [0.5, 0.6) is 10.9 Å². The highest BCUT2D eigenvalue weighted by Crippen LogP contribution is 2.34. The number of nitrogens with zero attached hydrogens (tertiary/aromatic N) is 1. The molecule has 0 saturated carbocycles. The average Bonchev–Trinajstić information content (AvgIpc) is 2.64. The van der Waals surface area contributed by atoms with Crippen molar-refractivity contribution in [2.24, 2.45) is 0 Å². The van der Waals surface area contributed by atoms with Gasteiger partial charge in [-0.3, -0.25) is 0 Å². The summed E-state index contributed by atoms with van der Waals surface area (Å²) in [7, 11) is 0. The number of halogens is 2. The van der Waals surface area contributed by atoms with E-state index >= 15 is 0 Å². The van der Waals surface area contributed by atoms with Crippen LogP contribution in [-0.4, -0.2) is 10.1 Å². The fourth-order valence-electron chi connectivity index (χ4n) is 1.23. The van der Waals surface area contributed by atoms with E-state index in [4.69, 9.17) is 21.4 Å². The quantitative estimate of drug-likeness (QED) is 0.917. The van der Waals surface area contributed by atoms with Crippen molar-refractivity contribution in [2.75, 3.05) is 0 Å². The predicted octanol–water partition coefficient (Wildman–Crippen LogP) is 4.15. The Kier molecular flexibility index (Phi) is 4.04. The average molecular weight is 335 g/mol. The number of hydrogen-bond donors (Lipinski definition) is 1. The van der Waals surface area contributed by atoms with Crippen LogP contribution in [-0.2, 0) is 6.61 Å². The number of aromatic nitrogens is 1. The molecule has 1 aromatic heterocycles. The van der Waals surface area contributed by atoms with Crippen LogP contribution in [0.25, 0.3) is 0 Å². The lowest BCUT2D eigenvalue weighted by molar-refractivity contribution is 0.285. The van der Waals surface area contributed by atoms with Crippen molar-refractivity contribution in [1.29, 1.82) is 0 Å². The third kappa shape index (κ3) is 2.98. The summed E-state index contributed by atoms with van der Waals surface area (Å²) in [5.74, 6) is 0.717. The summed E-state index contributed by atoms with van der Waals surface area (Å²) < 4.78 is 6.57. The van der Waals surface area contributed by atoms with E-state index in [1.54, 1.807) is 0 Å². The van der Waals surface area contributed by atoms with E-state index in [2.05, 4.69) is 20.9 Å². The van der Waals surface area contributed by atoms with Gasteiger partial charge in [0, 0.05) is 4.47 Å². The lowest BCUT2D eigenvalue weighted by Gasteiger charge is -2.05. The maximum absolute atomic E-state index is 9.02. The third-order valence-electron chi connectivity index (χ3n) is 2.12. The molecule has 2 rings (SSSR count). The van der Waals surface area contributed by atoms with Crippen molar-refractivity contribution in [1.82, 2.24) is 4.98 Å². The Bertz CT molecular complexity index is 544. The molecule has 0 aliphatic heterocycles. The number of hydrogen-bond acceptors (Lipinski definition) is 4. The van der Waals surface area contributed by atoms with E-state index in [0.717, 1.165) is 10.0 Å². The van der Waals surface area contributed by atoms with Crippen molar-refractivity contribution in [3.63, 3.8) is 0 Å². The SMILES string of the molecule is Cc1ccc(Br)cc1Oc1nc(Cl)c(CO)s1. The lowest BCUT2D eigenvalue weighted by Crippen LogP contribution is -1.86. The highest BCUT2D eigenvalue weighted by atomic mass is 79.9. The molecule has 1 heterocycles. The van der Waals surface area contributed by atoms with Gasteiger partial charge in [-0.05, 0) is 24.6 Å². The molecule has 0 aliphatic carbocycles. The first kappa shape index (κ1) is 12.8. The van der Waals surface area contributed by atoms with Crippen molar-refractivity contribution >= 4 is 38.9 Å². The zero-order chi connectivity index (χ0) is 12.4. The molecule has 6 heteroatoms. The molecule has 1 aromatic carbocycles. The van der Waals surface area contributed by atoms with Crippen LogP contribution in [0.15, 0.2) is 22.7 Å². The Balaban J connectivity index is 2.27. The van der Waals surface area contributed by atoms with E-state index < -0.39 is 0 Å². The number of rotatable bonds is 3. The smallest absolute Gasteiger partial charge is 0.280 e. The van der Waals surface area contributed by atoms with E-state index in [1.807, 2.05) is 25.1 Å². The van der Waals surface area contributed by atoms with Crippen molar-refractivity contribution in [2.45, 2.75) is 13.5 Å². The zero-order valence-corrected chi connectivity index (χ0v) is 12.1. The third-order valence-corrected chi connectivity index (χ3v) is 3.96. The summed E-state index contributed by atoms with van der Waals surface area (Å²) in [5.41, 5.74) is 1.00. The Morgan fingerprint density at radius 1 is 1.53 bits per heavy atom. The molecule has 0 amide bonds. The van der Waals surface area contributed by atoms with Crippen LogP contribution in [0, 0.1) is 6.92 Å². The zero-order valence-electron chi connectivity index (χ0n) is 8.91. The van der Waals surface area contributed by atoms with Gasteiger partial charge < -0.3 is 9.84 Å². The second-order valence-electron chi connectivity index (χ2n) is 3.36. The first-order valence-electron chi connectivity index (χ1n) is 4.80. The normalized spacial score (nSPS) is 10.6. The van der Waals surface area contributed by atoms with E-state index in [0.29, 0.717) is 21.0 Å². The largest absolute Gasteiger partial charge is 0.431 e. The summed E-state index contributed by atoms with van der Waals surface area (Å²) in [6, 6.07) is 5.75. The summed E-state index contributed by atoms with van der Waals surface area (Å²) in [6.07, 6.45) is 0.